The number of phenols is 1. The summed E-state index contributed by atoms with van der Waals surface area (Å²) in [6, 6.07) is 9.48. The van der Waals surface area contributed by atoms with Gasteiger partial charge in [-0.15, -0.1) is 0 Å². The lowest BCUT2D eigenvalue weighted by molar-refractivity contribution is -0.143. The summed E-state index contributed by atoms with van der Waals surface area (Å²) in [6.07, 6.45) is 4.44. The van der Waals surface area contributed by atoms with E-state index < -0.39 is 12.0 Å². The van der Waals surface area contributed by atoms with Gasteiger partial charge in [0.05, 0.1) is 48.8 Å². The maximum absolute atomic E-state index is 13.9. The molecule has 3 aromatic rings. The second kappa shape index (κ2) is 13.1. The van der Waals surface area contributed by atoms with Gasteiger partial charge in [-0.25, -0.2) is 9.79 Å². The number of carbonyl (C=O) groups is 1. The summed E-state index contributed by atoms with van der Waals surface area (Å²) in [5.74, 6) is 0.851. The highest BCUT2D eigenvalue weighted by Crippen LogP contribution is 2.36. The highest BCUT2D eigenvalue weighted by atomic mass is 32.1. The number of benzene rings is 2. The summed E-state index contributed by atoms with van der Waals surface area (Å²) < 4.78 is 24.4. The van der Waals surface area contributed by atoms with Crippen LogP contribution in [0.3, 0.4) is 0 Å². The highest BCUT2D eigenvalue weighted by Gasteiger charge is 2.34. The third-order valence-corrected chi connectivity index (χ3v) is 7.58. The predicted molar refractivity (Wildman–Crippen MR) is 158 cm³/mol. The molecule has 0 saturated carbocycles. The van der Waals surface area contributed by atoms with E-state index in [1.165, 1.54) is 29.1 Å². The van der Waals surface area contributed by atoms with Gasteiger partial charge >= 0.3 is 5.97 Å². The maximum atomic E-state index is 13.9. The molecule has 1 aromatic heterocycles. The van der Waals surface area contributed by atoms with Gasteiger partial charge in [-0.1, -0.05) is 43.2 Å². The summed E-state index contributed by atoms with van der Waals surface area (Å²) in [5, 5.41) is 9.97. The first-order valence-corrected chi connectivity index (χ1v) is 14.4. The van der Waals surface area contributed by atoms with Crippen molar-refractivity contribution in [3.05, 3.63) is 78.5 Å². The fraction of sp³-hybridized carbons (Fsp3) is 0.387. The average Bonchev–Trinajstić information content (AvgIpc) is 3.24. The molecule has 0 radical (unpaired) electrons. The molecule has 1 N–H and O–H groups in total. The SMILES string of the molecule is CCCCCOc1ccc(C2C(C(=O)OC(C)C)=C(C)N=c3sc(=Cc4ccc(O)c(OC)c4)c(=O)n32)cc1OC. The number of esters is 1. The van der Waals surface area contributed by atoms with Crippen LogP contribution in [-0.4, -0.2) is 42.6 Å². The smallest absolute Gasteiger partial charge is 0.338 e. The number of allylic oxidation sites excluding steroid dienone is 1. The first kappa shape index (κ1) is 29.9. The van der Waals surface area contributed by atoms with E-state index in [-0.39, 0.29) is 23.0 Å². The van der Waals surface area contributed by atoms with Crippen molar-refractivity contribution in [1.82, 2.24) is 4.57 Å². The fourth-order valence-electron chi connectivity index (χ4n) is 4.62. The van der Waals surface area contributed by atoms with Crippen LogP contribution in [0.4, 0.5) is 0 Å². The zero-order valence-corrected chi connectivity index (χ0v) is 25.0. The number of aromatic nitrogens is 1. The molecule has 4 rings (SSSR count). The number of ether oxygens (including phenoxy) is 4. The van der Waals surface area contributed by atoms with Crippen LogP contribution in [0.25, 0.3) is 6.08 Å². The van der Waals surface area contributed by atoms with Gasteiger partial charge in [-0.3, -0.25) is 9.36 Å². The van der Waals surface area contributed by atoms with Crippen LogP contribution in [-0.2, 0) is 9.53 Å². The summed E-state index contributed by atoms with van der Waals surface area (Å²) in [6.45, 7) is 7.99. The Bertz CT molecular complexity index is 1630. The molecular weight excluding hydrogens is 544 g/mol. The minimum atomic E-state index is -0.794. The predicted octanol–water partition coefficient (Wildman–Crippen LogP) is 4.48. The molecule has 0 bridgehead atoms. The van der Waals surface area contributed by atoms with E-state index in [9.17, 15) is 14.7 Å². The third-order valence-electron chi connectivity index (χ3n) is 6.59. The topological polar surface area (TPSA) is 109 Å². The van der Waals surface area contributed by atoms with E-state index in [0.717, 1.165) is 19.3 Å². The van der Waals surface area contributed by atoms with E-state index in [1.54, 1.807) is 58.2 Å². The molecule has 0 fully saturated rings. The summed E-state index contributed by atoms with van der Waals surface area (Å²) >= 11 is 1.22. The van der Waals surface area contributed by atoms with Gasteiger partial charge in [0, 0.05) is 0 Å². The highest BCUT2D eigenvalue weighted by molar-refractivity contribution is 7.07. The number of phenolic OH excluding ortho intramolecular Hbond substituents is 1. The summed E-state index contributed by atoms with van der Waals surface area (Å²) in [5.41, 5.74) is 1.77. The zero-order valence-electron chi connectivity index (χ0n) is 24.2. The van der Waals surface area contributed by atoms with E-state index in [1.807, 2.05) is 6.07 Å². The van der Waals surface area contributed by atoms with Crippen LogP contribution in [0.15, 0.2) is 57.5 Å². The molecule has 1 aliphatic rings. The largest absolute Gasteiger partial charge is 0.504 e. The van der Waals surface area contributed by atoms with Crippen molar-refractivity contribution in [1.29, 1.82) is 0 Å². The van der Waals surface area contributed by atoms with E-state index >= 15 is 0 Å². The molecule has 0 spiro atoms. The number of nitrogens with zero attached hydrogens (tertiary/aromatic N) is 2. The summed E-state index contributed by atoms with van der Waals surface area (Å²) in [7, 11) is 3.02. The molecule has 0 aliphatic carbocycles. The number of fused-ring (bicyclic) bond motifs is 1. The number of thiazole rings is 1. The number of methoxy groups -OCH3 is 2. The van der Waals surface area contributed by atoms with Crippen LogP contribution in [0.1, 0.15) is 64.1 Å². The van der Waals surface area contributed by atoms with Crippen molar-refractivity contribution < 1.29 is 28.8 Å². The first-order valence-electron chi connectivity index (χ1n) is 13.6. The molecule has 0 saturated heterocycles. The number of aromatic hydroxyl groups is 1. The van der Waals surface area contributed by atoms with Crippen molar-refractivity contribution in [3.8, 4) is 23.0 Å². The number of hydrogen-bond donors (Lipinski definition) is 1. The lowest BCUT2D eigenvalue weighted by Crippen LogP contribution is -2.40. The second-order valence-corrected chi connectivity index (χ2v) is 10.9. The van der Waals surface area contributed by atoms with Crippen molar-refractivity contribution in [2.24, 2.45) is 4.99 Å². The van der Waals surface area contributed by atoms with E-state index in [4.69, 9.17) is 18.9 Å². The number of rotatable bonds is 11. The fourth-order valence-corrected chi connectivity index (χ4v) is 5.67. The first-order chi connectivity index (χ1) is 19.7. The standard InChI is InChI=1S/C31H36N2O7S/c1-7-8-9-14-39-23-13-11-21(17-25(23)38-6)28-27(30(36)40-18(2)3)19(4)32-31-33(28)29(35)26(41-31)16-20-10-12-22(34)24(15-20)37-5/h10-13,15-18,28,34H,7-9,14H2,1-6H3. The molecular formula is C31H36N2O7S. The van der Waals surface area contributed by atoms with Crippen LogP contribution in [0.5, 0.6) is 23.0 Å². The van der Waals surface area contributed by atoms with Crippen molar-refractivity contribution in [2.75, 3.05) is 20.8 Å². The van der Waals surface area contributed by atoms with Gasteiger partial charge < -0.3 is 24.1 Å². The van der Waals surface area contributed by atoms with Crippen molar-refractivity contribution in [2.45, 2.75) is 59.1 Å². The van der Waals surface area contributed by atoms with Crippen LogP contribution in [0, 0.1) is 0 Å². The van der Waals surface area contributed by atoms with Gasteiger partial charge in [0.2, 0.25) is 0 Å². The molecule has 218 valence electrons. The molecule has 1 aliphatic heterocycles. The monoisotopic (exact) mass is 580 g/mol. The number of hydrogen-bond acceptors (Lipinski definition) is 9. The van der Waals surface area contributed by atoms with Crippen LogP contribution in [0.2, 0.25) is 0 Å². The van der Waals surface area contributed by atoms with Gasteiger partial charge in [0.25, 0.3) is 5.56 Å². The minimum Gasteiger partial charge on any atom is -0.504 e. The summed E-state index contributed by atoms with van der Waals surface area (Å²) in [4.78, 5) is 32.4. The molecule has 2 aromatic carbocycles. The maximum Gasteiger partial charge on any atom is 0.338 e. The third kappa shape index (κ3) is 6.48. The molecule has 10 heteroatoms. The molecule has 1 unspecified atom stereocenters. The van der Waals surface area contributed by atoms with Gasteiger partial charge in [-0.2, -0.15) is 0 Å². The normalized spacial score (nSPS) is 15.0. The Hall–Kier alpha value is -4.05. The quantitative estimate of drug-likeness (QED) is 0.263. The Kier molecular flexibility index (Phi) is 9.54. The molecule has 41 heavy (non-hydrogen) atoms. The Labute approximate surface area is 243 Å². The Morgan fingerprint density at radius 2 is 1.85 bits per heavy atom. The average molecular weight is 581 g/mol. The second-order valence-electron chi connectivity index (χ2n) is 9.93. The van der Waals surface area contributed by atoms with Gasteiger partial charge in [0.15, 0.2) is 27.8 Å². The minimum absolute atomic E-state index is 0.00165. The Morgan fingerprint density at radius 1 is 1.10 bits per heavy atom. The van der Waals surface area contributed by atoms with Crippen LogP contribution >= 0.6 is 11.3 Å². The lowest BCUT2D eigenvalue weighted by atomic mass is 9.95. The van der Waals surface area contributed by atoms with Gasteiger partial charge in [-0.05, 0) is 68.7 Å². The lowest BCUT2D eigenvalue weighted by Gasteiger charge is -2.26. The molecule has 2 heterocycles. The number of carbonyl (C=O) groups excluding carboxylic acids is 1. The van der Waals surface area contributed by atoms with Crippen molar-refractivity contribution in [3.63, 3.8) is 0 Å². The van der Waals surface area contributed by atoms with E-state index in [0.29, 0.717) is 50.0 Å². The zero-order chi connectivity index (χ0) is 29.7. The number of unbranched alkanes of at least 4 members (excludes halogenated alkanes) is 2. The van der Waals surface area contributed by atoms with E-state index in [2.05, 4.69) is 11.9 Å². The van der Waals surface area contributed by atoms with Gasteiger partial charge in [0.1, 0.15) is 0 Å². The molecule has 9 nitrogen and oxygen atoms in total. The Morgan fingerprint density at radius 3 is 2.54 bits per heavy atom. The Balaban J connectivity index is 1.87. The van der Waals surface area contributed by atoms with Crippen molar-refractivity contribution >= 4 is 23.4 Å². The van der Waals surface area contributed by atoms with Crippen LogP contribution < -0.4 is 29.1 Å². The molecule has 1 atom stereocenters. The molecule has 0 amide bonds.